The van der Waals surface area contributed by atoms with Crippen LogP contribution in [0, 0.1) is 15.5 Å². The van der Waals surface area contributed by atoms with Gasteiger partial charge in [0.2, 0.25) is 5.91 Å². The van der Waals surface area contributed by atoms with Crippen LogP contribution in [0.1, 0.15) is 47.4 Å². The van der Waals surface area contributed by atoms with Gasteiger partial charge in [-0.2, -0.15) is 0 Å². The summed E-state index contributed by atoms with van der Waals surface area (Å²) in [6.45, 7) is 2.04. The van der Waals surface area contributed by atoms with Crippen LogP contribution in [0.15, 0.2) is 78.2 Å². The molecule has 7 rings (SSSR count). The van der Waals surface area contributed by atoms with E-state index in [4.69, 9.17) is 0 Å². The molecule has 1 aromatic heterocycles. The lowest BCUT2D eigenvalue weighted by molar-refractivity contribution is -0.384. The number of nitrogens with zero attached hydrogens (tertiary/aromatic N) is 2. The Hall–Kier alpha value is -3.84. The fourth-order valence-electron chi connectivity index (χ4n) is 5.73. The maximum absolute atomic E-state index is 13.8. The van der Waals surface area contributed by atoms with Crippen molar-refractivity contribution in [1.29, 1.82) is 0 Å². The van der Waals surface area contributed by atoms with Crippen molar-refractivity contribution in [1.82, 2.24) is 4.98 Å². The molecule has 1 atom stereocenters. The molecule has 0 radical (unpaired) electrons. The van der Waals surface area contributed by atoms with E-state index in [1.165, 1.54) is 39.7 Å². The molecule has 4 aromatic rings. The number of para-hydroxylation sites is 1. The number of aromatic nitrogens is 1. The topological polar surface area (TPSA) is 85.1 Å². The number of fused-ring (bicyclic) bond motifs is 1. The second-order valence-corrected chi connectivity index (χ2v) is 9.99. The van der Waals surface area contributed by atoms with Crippen LogP contribution in [0.5, 0.6) is 0 Å². The van der Waals surface area contributed by atoms with Gasteiger partial charge in [-0.1, -0.05) is 60.7 Å². The molecule has 3 aliphatic carbocycles. The summed E-state index contributed by atoms with van der Waals surface area (Å²) in [5.74, 6) is 0.0569. The number of rotatable bonds is 4. The highest BCUT2D eigenvalue weighted by atomic mass is 32.1. The van der Waals surface area contributed by atoms with Gasteiger partial charge in [0.25, 0.3) is 5.69 Å². The molecule has 2 bridgehead atoms. The zero-order valence-electron chi connectivity index (χ0n) is 18.4. The van der Waals surface area contributed by atoms with Gasteiger partial charge >= 0.3 is 0 Å². The standard InChI is InChI=1S/C27H21N3O3S/c1-27(14-21-16-8-2-4-10-18(16)24(27)19-11-5-3-9-17(19)21)25(31)29-26-28-22(15-34-26)20-12-6-7-13-23(20)30(32)33/h2-13,15,21,24H,14H2,1H3,(H,28,29,31). The zero-order chi connectivity index (χ0) is 23.4. The van der Waals surface area contributed by atoms with Crippen molar-refractivity contribution in [3.63, 3.8) is 0 Å². The van der Waals surface area contributed by atoms with E-state index < -0.39 is 10.3 Å². The van der Waals surface area contributed by atoms with Gasteiger partial charge < -0.3 is 5.32 Å². The van der Waals surface area contributed by atoms with E-state index in [9.17, 15) is 14.9 Å². The first-order chi connectivity index (χ1) is 16.5. The van der Waals surface area contributed by atoms with Crippen molar-refractivity contribution in [2.24, 2.45) is 5.41 Å². The number of amides is 1. The minimum absolute atomic E-state index is 0.00422. The van der Waals surface area contributed by atoms with Crippen LogP contribution >= 0.6 is 11.3 Å². The summed E-state index contributed by atoms with van der Waals surface area (Å²) < 4.78 is 0. The van der Waals surface area contributed by atoms with Gasteiger partial charge in [0.05, 0.1) is 21.6 Å². The summed E-state index contributed by atoms with van der Waals surface area (Å²) in [6.07, 6.45) is 0.722. The van der Waals surface area contributed by atoms with E-state index in [-0.39, 0.29) is 23.4 Å². The molecular weight excluding hydrogens is 446 g/mol. The molecule has 6 nitrogen and oxygen atoms in total. The third-order valence-electron chi connectivity index (χ3n) is 7.25. The van der Waals surface area contributed by atoms with E-state index in [0.29, 0.717) is 16.4 Å². The summed E-state index contributed by atoms with van der Waals surface area (Å²) >= 11 is 1.28. The normalized spacial score (nSPS) is 22.0. The third-order valence-corrected chi connectivity index (χ3v) is 8.01. The number of thiazole rings is 1. The predicted molar refractivity (Wildman–Crippen MR) is 132 cm³/mol. The smallest absolute Gasteiger partial charge is 0.278 e. The monoisotopic (exact) mass is 467 g/mol. The van der Waals surface area contributed by atoms with Gasteiger partial charge in [-0.15, -0.1) is 11.3 Å². The van der Waals surface area contributed by atoms with Crippen LogP contribution in [0.25, 0.3) is 11.3 Å². The van der Waals surface area contributed by atoms with Gasteiger partial charge in [-0.05, 0) is 41.7 Å². The Balaban J connectivity index is 1.35. The molecule has 168 valence electrons. The maximum Gasteiger partial charge on any atom is 0.278 e. The second kappa shape index (κ2) is 7.60. The lowest BCUT2D eigenvalue weighted by atomic mass is 9.52. The van der Waals surface area contributed by atoms with Gasteiger partial charge in [-0.25, -0.2) is 4.98 Å². The Kier molecular flexibility index (Phi) is 4.64. The van der Waals surface area contributed by atoms with Crippen LogP contribution in [0.3, 0.4) is 0 Å². The summed E-state index contributed by atoms with van der Waals surface area (Å²) in [7, 11) is 0. The molecule has 1 heterocycles. The largest absolute Gasteiger partial charge is 0.301 e. The number of benzene rings is 3. The summed E-state index contributed by atoms with van der Waals surface area (Å²) in [6, 6.07) is 23.4. The number of nitrogens with one attached hydrogen (secondary N) is 1. The van der Waals surface area contributed by atoms with Gasteiger partial charge in [0, 0.05) is 23.3 Å². The first-order valence-electron chi connectivity index (χ1n) is 11.2. The SMILES string of the molecule is CC1(C(=O)Nc2nc(-c3ccccc3[N+](=O)[O-])cs2)CC2c3ccccc3C1c1ccccc12. The molecule has 0 spiro atoms. The Morgan fingerprint density at radius 1 is 1.00 bits per heavy atom. The fourth-order valence-corrected chi connectivity index (χ4v) is 6.44. The average Bonchev–Trinajstić information content (AvgIpc) is 3.32. The predicted octanol–water partition coefficient (Wildman–Crippen LogP) is 6.34. The highest BCUT2D eigenvalue weighted by molar-refractivity contribution is 7.14. The highest BCUT2D eigenvalue weighted by Crippen LogP contribution is 2.61. The molecule has 3 aromatic carbocycles. The van der Waals surface area contributed by atoms with Gasteiger partial charge in [0.1, 0.15) is 0 Å². The first kappa shape index (κ1) is 20.7. The Bertz CT molecular complexity index is 1420. The van der Waals surface area contributed by atoms with E-state index >= 15 is 0 Å². The van der Waals surface area contributed by atoms with E-state index in [1.807, 2.05) is 19.1 Å². The van der Waals surface area contributed by atoms with Crippen LogP contribution in [0.4, 0.5) is 10.8 Å². The van der Waals surface area contributed by atoms with Crippen LogP contribution < -0.4 is 5.32 Å². The lowest BCUT2D eigenvalue weighted by Crippen LogP contribution is -2.47. The molecular formula is C27H21N3O3S. The Morgan fingerprint density at radius 3 is 2.24 bits per heavy atom. The Labute approximate surface area is 200 Å². The number of carbonyl (C=O) groups excluding carboxylic acids is 1. The number of nitro benzene ring substituents is 1. The molecule has 7 heteroatoms. The van der Waals surface area contributed by atoms with E-state index in [2.05, 4.69) is 46.7 Å². The molecule has 0 saturated heterocycles. The van der Waals surface area contributed by atoms with Crippen LogP contribution in [-0.4, -0.2) is 15.8 Å². The molecule has 1 unspecified atom stereocenters. The van der Waals surface area contributed by atoms with Crippen molar-refractivity contribution in [3.8, 4) is 11.3 Å². The highest BCUT2D eigenvalue weighted by Gasteiger charge is 2.53. The molecule has 34 heavy (non-hydrogen) atoms. The summed E-state index contributed by atoms with van der Waals surface area (Å²) in [4.78, 5) is 29.3. The zero-order valence-corrected chi connectivity index (χ0v) is 19.2. The van der Waals surface area contributed by atoms with Gasteiger partial charge in [0.15, 0.2) is 5.13 Å². The molecule has 3 aliphatic rings. The van der Waals surface area contributed by atoms with Crippen molar-refractivity contribution in [3.05, 3.63) is 111 Å². The number of nitro groups is 1. The molecule has 1 amide bonds. The van der Waals surface area contributed by atoms with Gasteiger partial charge in [-0.3, -0.25) is 14.9 Å². The summed E-state index contributed by atoms with van der Waals surface area (Å²) in [5.41, 5.74) is 5.33. The van der Waals surface area contributed by atoms with Crippen LogP contribution in [-0.2, 0) is 4.79 Å². The number of hydrogen-bond acceptors (Lipinski definition) is 5. The number of hydrogen-bond donors (Lipinski definition) is 1. The Morgan fingerprint density at radius 2 is 1.59 bits per heavy atom. The average molecular weight is 468 g/mol. The van der Waals surface area contributed by atoms with Crippen molar-refractivity contribution in [2.75, 3.05) is 5.32 Å². The molecule has 0 fully saturated rings. The van der Waals surface area contributed by atoms with Crippen molar-refractivity contribution >= 4 is 28.1 Å². The molecule has 0 aliphatic heterocycles. The van der Waals surface area contributed by atoms with E-state index in [1.54, 1.807) is 23.6 Å². The number of anilines is 1. The quantitative estimate of drug-likeness (QED) is 0.280. The minimum Gasteiger partial charge on any atom is -0.301 e. The summed E-state index contributed by atoms with van der Waals surface area (Å²) in [5, 5.41) is 16.6. The maximum atomic E-state index is 13.8. The third kappa shape index (κ3) is 3.00. The fraction of sp³-hybridized carbons (Fsp3) is 0.185. The molecule has 0 saturated carbocycles. The van der Waals surface area contributed by atoms with Crippen LogP contribution in [0.2, 0.25) is 0 Å². The molecule has 1 N–H and O–H groups in total. The second-order valence-electron chi connectivity index (χ2n) is 9.13. The minimum atomic E-state index is -0.641. The van der Waals surface area contributed by atoms with Crippen molar-refractivity contribution < 1.29 is 9.72 Å². The number of carbonyl (C=O) groups is 1. The van der Waals surface area contributed by atoms with Crippen molar-refractivity contribution in [2.45, 2.75) is 25.2 Å². The lowest BCUT2D eigenvalue weighted by Gasteiger charge is -2.50. The first-order valence-corrected chi connectivity index (χ1v) is 12.0. The van der Waals surface area contributed by atoms with E-state index in [0.717, 1.165) is 6.42 Å².